The standard InChI is InChI=1S/C13H13BrN4O3/c1-18(7-10-15-5-6-16-10)13(21)17-11-8(12(19)20)3-2-4-9(11)14/h2-6H,7H2,1H3,(H,15,16)(H,17,21)(H,19,20). The van der Waals surface area contributed by atoms with Crippen LogP contribution in [0.5, 0.6) is 0 Å². The Morgan fingerprint density at radius 2 is 2.24 bits per heavy atom. The van der Waals surface area contributed by atoms with Crippen molar-refractivity contribution in [3.05, 3.63) is 46.5 Å². The van der Waals surface area contributed by atoms with Crippen LogP contribution in [0.4, 0.5) is 10.5 Å². The van der Waals surface area contributed by atoms with Crippen molar-refractivity contribution >= 4 is 33.6 Å². The third kappa shape index (κ3) is 3.60. The monoisotopic (exact) mass is 352 g/mol. The van der Waals surface area contributed by atoms with Crippen LogP contribution in [0, 0.1) is 0 Å². The zero-order valence-electron chi connectivity index (χ0n) is 11.1. The van der Waals surface area contributed by atoms with Gasteiger partial charge in [0.05, 0.1) is 17.8 Å². The van der Waals surface area contributed by atoms with E-state index < -0.39 is 12.0 Å². The first-order chi connectivity index (χ1) is 9.99. The van der Waals surface area contributed by atoms with Crippen LogP contribution in [0.1, 0.15) is 16.2 Å². The van der Waals surface area contributed by atoms with E-state index >= 15 is 0 Å². The van der Waals surface area contributed by atoms with Crippen molar-refractivity contribution in [2.45, 2.75) is 6.54 Å². The molecule has 0 spiro atoms. The molecule has 21 heavy (non-hydrogen) atoms. The molecule has 0 aliphatic carbocycles. The van der Waals surface area contributed by atoms with Crippen LogP contribution >= 0.6 is 15.9 Å². The Balaban J connectivity index is 2.14. The number of carbonyl (C=O) groups excluding carboxylic acids is 1. The summed E-state index contributed by atoms with van der Waals surface area (Å²) >= 11 is 3.24. The number of halogens is 1. The van der Waals surface area contributed by atoms with E-state index in [1.807, 2.05) is 0 Å². The quantitative estimate of drug-likeness (QED) is 0.787. The highest BCUT2D eigenvalue weighted by molar-refractivity contribution is 9.10. The van der Waals surface area contributed by atoms with Crippen molar-refractivity contribution in [1.29, 1.82) is 0 Å². The van der Waals surface area contributed by atoms with Gasteiger partial charge in [0.25, 0.3) is 0 Å². The molecule has 3 N–H and O–H groups in total. The van der Waals surface area contributed by atoms with Gasteiger partial charge < -0.3 is 20.3 Å². The lowest BCUT2D eigenvalue weighted by atomic mass is 10.2. The Labute approximate surface area is 129 Å². The Hall–Kier alpha value is -2.35. The number of H-pyrrole nitrogens is 1. The molecule has 0 aliphatic heterocycles. The van der Waals surface area contributed by atoms with E-state index in [1.54, 1.807) is 31.6 Å². The van der Waals surface area contributed by atoms with E-state index in [0.717, 1.165) is 0 Å². The van der Waals surface area contributed by atoms with Gasteiger partial charge in [-0.1, -0.05) is 6.07 Å². The number of aromatic carboxylic acids is 1. The van der Waals surface area contributed by atoms with Crippen molar-refractivity contribution in [2.75, 3.05) is 12.4 Å². The van der Waals surface area contributed by atoms with Crippen LogP contribution in [0.25, 0.3) is 0 Å². The van der Waals surface area contributed by atoms with E-state index in [2.05, 4.69) is 31.2 Å². The smallest absolute Gasteiger partial charge is 0.337 e. The molecule has 0 saturated heterocycles. The first kappa shape index (κ1) is 15.0. The van der Waals surface area contributed by atoms with Gasteiger partial charge in [-0.05, 0) is 28.1 Å². The Morgan fingerprint density at radius 3 is 2.86 bits per heavy atom. The lowest BCUT2D eigenvalue weighted by Gasteiger charge is -2.18. The third-order valence-corrected chi connectivity index (χ3v) is 3.43. The number of nitrogens with one attached hydrogen (secondary N) is 2. The van der Waals surface area contributed by atoms with Gasteiger partial charge in [-0.2, -0.15) is 0 Å². The first-order valence-corrected chi connectivity index (χ1v) is 6.80. The van der Waals surface area contributed by atoms with Gasteiger partial charge in [0.1, 0.15) is 5.82 Å². The molecular formula is C13H13BrN4O3. The van der Waals surface area contributed by atoms with Crippen LogP contribution in [0.15, 0.2) is 35.1 Å². The summed E-state index contributed by atoms with van der Waals surface area (Å²) in [4.78, 5) is 31.6. The molecule has 0 radical (unpaired) electrons. The predicted octanol–water partition coefficient (Wildman–Crippen LogP) is 2.53. The fraction of sp³-hybridized carbons (Fsp3) is 0.154. The number of aromatic nitrogens is 2. The molecule has 1 aromatic carbocycles. The maximum atomic E-state index is 12.1. The summed E-state index contributed by atoms with van der Waals surface area (Å²) in [5.74, 6) is -0.474. The molecule has 110 valence electrons. The first-order valence-electron chi connectivity index (χ1n) is 6.01. The average Bonchev–Trinajstić information content (AvgIpc) is 2.93. The van der Waals surface area contributed by atoms with Crippen molar-refractivity contribution in [3.8, 4) is 0 Å². The van der Waals surface area contributed by atoms with Gasteiger partial charge in [-0.3, -0.25) is 0 Å². The number of imidazole rings is 1. The molecule has 2 amide bonds. The average molecular weight is 353 g/mol. The molecule has 0 unspecified atom stereocenters. The summed E-state index contributed by atoms with van der Waals surface area (Å²) in [5, 5.41) is 11.7. The Bertz CT molecular complexity index is 657. The number of aromatic amines is 1. The Morgan fingerprint density at radius 1 is 1.48 bits per heavy atom. The second kappa shape index (κ2) is 6.40. The molecule has 1 heterocycles. The van der Waals surface area contributed by atoms with Crippen LogP contribution in [0.3, 0.4) is 0 Å². The predicted molar refractivity (Wildman–Crippen MR) is 80.2 cm³/mol. The van der Waals surface area contributed by atoms with Crippen molar-refractivity contribution < 1.29 is 14.7 Å². The zero-order chi connectivity index (χ0) is 15.4. The van der Waals surface area contributed by atoms with Gasteiger partial charge in [-0.15, -0.1) is 0 Å². The zero-order valence-corrected chi connectivity index (χ0v) is 12.7. The fourth-order valence-electron chi connectivity index (χ4n) is 1.71. The summed E-state index contributed by atoms with van der Waals surface area (Å²) in [6, 6.07) is 4.25. The number of carbonyl (C=O) groups is 2. The minimum atomic E-state index is -1.11. The molecule has 8 heteroatoms. The number of nitrogens with zero attached hydrogens (tertiary/aromatic N) is 2. The third-order valence-electron chi connectivity index (χ3n) is 2.76. The maximum absolute atomic E-state index is 12.1. The highest BCUT2D eigenvalue weighted by Gasteiger charge is 2.17. The highest BCUT2D eigenvalue weighted by Crippen LogP contribution is 2.26. The second-order valence-electron chi connectivity index (χ2n) is 4.29. The van der Waals surface area contributed by atoms with Crippen molar-refractivity contribution in [1.82, 2.24) is 14.9 Å². The molecule has 0 fully saturated rings. The summed E-state index contributed by atoms with van der Waals surface area (Å²) < 4.78 is 0.502. The fourth-order valence-corrected chi connectivity index (χ4v) is 2.18. The van der Waals surface area contributed by atoms with E-state index in [9.17, 15) is 9.59 Å². The van der Waals surface area contributed by atoms with Crippen LogP contribution in [0.2, 0.25) is 0 Å². The number of anilines is 1. The number of hydrogen-bond acceptors (Lipinski definition) is 3. The lowest BCUT2D eigenvalue weighted by molar-refractivity contribution is 0.0698. The summed E-state index contributed by atoms with van der Waals surface area (Å²) in [5.41, 5.74) is 0.241. The lowest BCUT2D eigenvalue weighted by Crippen LogP contribution is -2.31. The van der Waals surface area contributed by atoms with Crippen molar-refractivity contribution in [3.63, 3.8) is 0 Å². The molecule has 2 rings (SSSR count). The number of rotatable bonds is 4. The number of urea groups is 1. The highest BCUT2D eigenvalue weighted by atomic mass is 79.9. The van der Waals surface area contributed by atoms with E-state index in [-0.39, 0.29) is 17.8 Å². The summed E-state index contributed by atoms with van der Waals surface area (Å²) in [6.07, 6.45) is 3.26. The molecule has 7 nitrogen and oxygen atoms in total. The van der Waals surface area contributed by atoms with Crippen molar-refractivity contribution in [2.24, 2.45) is 0 Å². The topological polar surface area (TPSA) is 98.3 Å². The van der Waals surface area contributed by atoms with Crippen LogP contribution in [-0.2, 0) is 6.54 Å². The molecule has 0 aliphatic rings. The summed E-state index contributed by atoms with van der Waals surface area (Å²) in [6.45, 7) is 0.283. The number of carboxylic acid groups (broad SMARTS) is 1. The molecule has 2 aromatic rings. The minimum Gasteiger partial charge on any atom is -0.478 e. The normalized spacial score (nSPS) is 10.2. The second-order valence-corrected chi connectivity index (χ2v) is 5.14. The van der Waals surface area contributed by atoms with Gasteiger partial charge in [0.2, 0.25) is 0 Å². The SMILES string of the molecule is CN(Cc1ncc[nH]1)C(=O)Nc1c(Br)cccc1C(=O)O. The number of benzene rings is 1. The van der Waals surface area contributed by atoms with Crippen LogP contribution in [-0.4, -0.2) is 39.0 Å². The molecule has 0 saturated carbocycles. The van der Waals surface area contributed by atoms with Gasteiger partial charge in [0.15, 0.2) is 0 Å². The van der Waals surface area contributed by atoms with Gasteiger partial charge in [-0.25, -0.2) is 14.6 Å². The largest absolute Gasteiger partial charge is 0.478 e. The molecule has 1 aromatic heterocycles. The number of carboxylic acids is 1. The maximum Gasteiger partial charge on any atom is 0.337 e. The number of hydrogen-bond donors (Lipinski definition) is 3. The van der Waals surface area contributed by atoms with Crippen LogP contribution < -0.4 is 5.32 Å². The van der Waals surface area contributed by atoms with Gasteiger partial charge in [0, 0.05) is 23.9 Å². The molecule has 0 atom stereocenters. The van der Waals surface area contributed by atoms with E-state index in [1.165, 1.54) is 11.0 Å². The number of amides is 2. The molecule has 0 bridgehead atoms. The Kier molecular flexibility index (Phi) is 4.59. The van der Waals surface area contributed by atoms with Gasteiger partial charge >= 0.3 is 12.0 Å². The number of para-hydroxylation sites is 1. The van der Waals surface area contributed by atoms with E-state index in [4.69, 9.17) is 5.11 Å². The minimum absolute atomic E-state index is 0.0177. The summed E-state index contributed by atoms with van der Waals surface area (Å²) in [7, 11) is 1.59. The van der Waals surface area contributed by atoms with E-state index in [0.29, 0.717) is 10.3 Å². The molecular weight excluding hydrogens is 340 g/mol.